The van der Waals surface area contributed by atoms with Crippen LogP contribution in [0.2, 0.25) is 0 Å². The number of hydrogen-bond donors (Lipinski definition) is 0. The lowest BCUT2D eigenvalue weighted by Gasteiger charge is -2.48. The van der Waals surface area contributed by atoms with Gasteiger partial charge in [0.2, 0.25) is 0 Å². The second-order valence-electron chi connectivity index (χ2n) is 8.62. The quantitative estimate of drug-likeness (QED) is 0.339. The third-order valence-corrected chi connectivity index (χ3v) is 7.74. The predicted molar refractivity (Wildman–Crippen MR) is 105 cm³/mol. The van der Waals surface area contributed by atoms with Gasteiger partial charge in [0.25, 0.3) is 0 Å². The maximum Gasteiger partial charge on any atom is 0.316 e. The fraction of sp³-hybridized carbons (Fsp3) is 0.727. The van der Waals surface area contributed by atoms with Crippen LogP contribution in [0.25, 0.3) is 0 Å². The predicted octanol–water partition coefficient (Wildman–Crippen LogP) is 0.636. The van der Waals surface area contributed by atoms with E-state index in [4.69, 9.17) is 18.9 Å². The zero-order chi connectivity index (χ0) is 23.8. The normalized spacial score (nSPS) is 36.2. The molecule has 6 atom stereocenters. The summed E-state index contributed by atoms with van der Waals surface area (Å²) in [6.45, 7) is 0. The van der Waals surface area contributed by atoms with Crippen LogP contribution in [-0.2, 0) is 47.7 Å². The van der Waals surface area contributed by atoms with E-state index < -0.39 is 69.9 Å². The first kappa shape index (κ1) is 23.9. The Morgan fingerprint density at radius 3 is 1.03 bits per heavy atom. The molecule has 10 nitrogen and oxygen atoms in total. The molecule has 3 rings (SSSR count). The first-order chi connectivity index (χ1) is 15.2. The molecule has 3 aliphatic rings. The molecule has 0 aromatic rings. The molecule has 0 heterocycles. The molecule has 0 radical (unpaired) electrons. The molecular weight excluding hydrogens is 424 g/mol. The first-order valence-corrected chi connectivity index (χ1v) is 10.6. The standard InChI is InChI=1S/C22H28O10/c1-29-17(25)11-15(23)12(18(26)30-2)22-10-8-6-5-7-9-21(11,22)13(19(27)31-3)16(24)14(22)20(28)32-4/h11-14H,5-10H2,1-4H3/t11-,12+,13+,14?,21?,22?/m0/s1. The first-order valence-electron chi connectivity index (χ1n) is 10.6. The van der Waals surface area contributed by atoms with E-state index in [0.717, 1.165) is 41.3 Å². The highest BCUT2D eigenvalue weighted by Gasteiger charge is 2.85. The Labute approximate surface area is 185 Å². The summed E-state index contributed by atoms with van der Waals surface area (Å²) >= 11 is 0. The molecule has 3 fully saturated rings. The van der Waals surface area contributed by atoms with Crippen molar-refractivity contribution in [2.75, 3.05) is 28.4 Å². The van der Waals surface area contributed by atoms with Crippen LogP contribution in [0.4, 0.5) is 0 Å². The molecule has 0 saturated heterocycles. The molecule has 32 heavy (non-hydrogen) atoms. The third kappa shape index (κ3) is 2.84. The summed E-state index contributed by atoms with van der Waals surface area (Å²) in [6.07, 6.45) is 2.59. The van der Waals surface area contributed by atoms with Gasteiger partial charge < -0.3 is 18.9 Å². The summed E-state index contributed by atoms with van der Waals surface area (Å²) in [5, 5.41) is 0. The van der Waals surface area contributed by atoms with Gasteiger partial charge in [-0.25, -0.2) is 0 Å². The van der Waals surface area contributed by atoms with Crippen LogP contribution in [0.5, 0.6) is 0 Å². The van der Waals surface area contributed by atoms with Gasteiger partial charge >= 0.3 is 23.9 Å². The van der Waals surface area contributed by atoms with Gasteiger partial charge in [-0.1, -0.05) is 25.7 Å². The van der Waals surface area contributed by atoms with E-state index in [-0.39, 0.29) is 12.8 Å². The fourth-order valence-electron chi connectivity index (χ4n) is 6.77. The Balaban J connectivity index is 2.48. The van der Waals surface area contributed by atoms with E-state index in [1.54, 1.807) is 0 Å². The molecule has 3 aliphatic carbocycles. The van der Waals surface area contributed by atoms with Crippen molar-refractivity contribution in [1.82, 2.24) is 0 Å². The van der Waals surface area contributed by atoms with Crippen LogP contribution in [0.3, 0.4) is 0 Å². The summed E-state index contributed by atoms with van der Waals surface area (Å²) in [5.41, 5.74) is -3.33. The van der Waals surface area contributed by atoms with E-state index >= 15 is 0 Å². The molecule has 3 saturated carbocycles. The lowest BCUT2D eigenvalue weighted by atomic mass is 9.52. The van der Waals surface area contributed by atoms with E-state index in [1.165, 1.54) is 0 Å². The number of hydrogen-bond acceptors (Lipinski definition) is 10. The van der Waals surface area contributed by atoms with Gasteiger partial charge in [-0.15, -0.1) is 0 Å². The number of carbonyl (C=O) groups is 6. The molecular formula is C22H28O10. The minimum absolute atomic E-state index is 0.0883. The van der Waals surface area contributed by atoms with Crippen molar-refractivity contribution < 1.29 is 47.7 Å². The van der Waals surface area contributed by atoms with Crippen molar-refractivity contribution in [1.29, 1.82) is 0 Å². The third-order valence-electron chi connectivity index (χ3n) is 7.74. The van der Waals surface area contributed by atoms with Crippen molar-refractivity contribution >= 4 is 35.4 Å². The molecule has 0 aromatic heterocycles. The highest BCUT2D eigenvalue weighted by atomic mass is 16.5. The van der Waals surface area contributed by atoms with Gasteiger partial charge in [0.05, 0.1) is 28.4 Å². The van der Waals surface area contributed by atoms with E-state index in [2.05, 4.69) is 0 Å². The average molecular weight is 452 g/mol. The molecule has 176 valence electrons. The SMILES string of the molecule is COC(=O)C1C(=O)[C@H](C(=O)OC)C23CCCCCCC12[C@@H](C(=O)OC)C(=O)[C@H]3C(=O)OC. The van der Waals surface area contributed by atoms with Crippen LogP contribution < -0.4 is 0 Å². The lowest BCUT2D eigenvalue weighted by Crippen LogP contribution is -2.52. The fourth-order valence-corrected chi connectivity index (χ4v) is 6.77. The average Bonchev–Trinajstić information content (AvgIpc) is 3.09. The molecule has 0 spiro atoms. The van der Waals surface area contributed by atoms with E-state index in [0.29, 0.717) is 12.8 Å². The largest absolute Gasteiger partial charge is 0.468 e. The molecule has 0 aliphatic heterocycles. The highest BCUT2D eigenvalue weighted by molar-refractivity contribution is 6.20. The van der Waals surface area contributed by atoms with Crippen LogP contribution in [-0.4, -0.2) is 63.9 Å². The number of ketones is 2. The second-order valence-corrected chi connectivity index (χ2v) is 8.62. The summed E-state index contributed by atoms with van der Waals surface area (Å²) in [6, 6.07) is 0. The molecule has 3 unspecified atom stereocenters. The Morgan fingerprint density at radius 2 is 0.812 bits per heavy atom. The number of rotatable bonds is 4. The topological polar surface area (TPSA) is 139 Å². The Bertz CT molecular complexity index is 737. The molecule has 10 heteroatoms. The smallest absolute Gasteiger partial charge is 0.316 e. The summed E-state index contributed by atoms with van der Waals surface area (Å²) in [5.74, 6) is -11.8. The highest BCUT2D eigenvalue weighted by Crippen LogP contribution is 2.74. The summed E-state index contributed by atoms with van der Waals surface area (Å²) < 4.78 is 19.7. The Morgan fingerprint density at radius 1 is 0.562 bits per heavy atom. The number of methoxy groups -OCH3 is 4. The molecule has 0 amide bonds. The molecule has 0 N–H and O–H groups in total. The number of carbonyl (C=O) groups excluding carboxylic acids is 6. The van der Waals surface area contributed by atoms with Crippen molar-refractivity contribution in [3.63, 3.8) is 0 Å². The van der Waals surface area contributed by atoms with Crippen molar-refractivity contribution in [2.45, 2.75) is 38.5 Å². The number of esters is 4. The zero-order valence-electron chi connectivity index (χ0n) is 18.6. The minimum atomic E-state index is -1.67. The lowest BCUT2D eigenvalue weighted by molar-refractivity contribution is -0.171. The van der Waals surface area contributed by atoms with Crippen molar-refractivity contribution in [3.05, 3.63) is 0 Å². The second kappa shape index (κ2) is 8.63. The van der Waals surface area contributed by atoms with Crippen LogP contribution >= 0.6 is 0 Å². The van der Waals surface area contributed by atoms with Gasteiger partial charge in [0, 0.05) is 10.8 Å². The van der Waals surface area contributed by atoms with Gasteiger partial charge in [-0.05, 0) is 12.8 Å². The Hall–Kier alpha value is -2.78. The van der Waals surface area contributed by atoms with Crippen molar-refractivity contribution in [2.24, 2.45) is 34.5 Å². The Kier molecular flexibility index (Phi) is 6.44. The molecule has 0 bridgehead atoms. The van der Waals surface area contributed by atoms with E-state index in [9.17, 15) is 28.8 Å². The monoisotopic (exact) mass is 452 g/mol. The van der Waals surface area contributed by atoms with Gasteiger partial charge in [-0.3, -0.25) is 28.8 Å². The maximum atomic E-state index is 13.7. The summed E-state index contributed by atoms with van der Waals surface area (Å²) in [7, 11) is 4.35. The zero-order valence-corrected chi connectivity index (χ0v) is 18.6. The van der Waals surface area contributed by atoms with Crippen LogP contribution in [0.15, 0.2) is 0 Å². The summed E-state index contributed by atoms with van der Waals surface area (Å²) in [4.78, 5) is 79.4. The number of ether oxygens (including phenoxy) is 4. The maximum absolute atomic E-state index is 13.7. The van der Waals surface area contributed by atoms with Gasteiger partial charge in [-0.2, -0.15) is 0 Å². The van der Waals surface area contributed by atoms with Crippen LogP contribution in [0.1, 0.15) is 38.5 Å². The number of Topliss-reactive ketones (excluding diaryl/α,β-unsaturated/α-hetero) is 2. The van der Waals surface area contributed by atoms with Crippen molar-refractivity contribution in [3.8, 4) is 0 Å². The molecule has 0 aromatic carbocycles. The van der Waals surface area contributed by atoms with E-state index in [1.807, 2.05) is 0 Å². The van der Waals surface area contributed by atoms with Gasteiger partial charge in [0.1, 0.15) is 23.7 Å². The van der Waals surface area contributed by atoms with Gasteiger partial charge in [0.15, 0.2) is 11.6 Å². The van der Waals surface area contributed by atoms with Crippen LogP contribution in [0, 0.1) is 34.5 Å². The minimum Gasteiger partial charge on any atom is -0.468 e.